The summed E-state index contributed by atoms with van der Waals surface area (Å²) in [5.41, 5.74) is 1.97. The van der Waals surface area contributed by atoms with E-state index in [0.29, 0.717) is 43.9 Å². The number of halogens is 1. The molecule has 0 saturated carbocycles. The lowest BCUT2D eigenvalue weighted by molar-refractivity contribution is 0.241. The predicted molar refractivity (Wildman–Crippen MR) is 139 cm³/mol. The van der Waals surface area contributed by atoms with Crippen LogP contribution < -0.4 is 15.4 Å². The van der Waals surface area contributed by atoms with E-state index in [-0.39, 0.29) is 17.9 Å². The van der Waals surface area contributed by atoms with E-state index in [9.17, 15) is 8.42 Å². The average molecular weight is 507 g/mol. The van der Waals surface area contributed by atoms with Crippen molar-refractivity contribution in [1.29, 1.82) is 0 Å². The van der Waals surface area contributed by atoms with Gasteiger partial charge in [-0.2, -0.15) is 4.31 Å². The molecule has 1 fully saturated rings. The van der Waals surface area contributed by atoms with Gasteiger partial charge in [0.05, 0.1) is 24.1 Å². The zero-order chi connectivity index (χ0) is 23.3. The van der Waals surface area contributed by atoms with Gasteiger partial charge in [0.25, 0.3) is 0 Å². The average Bonchev–Trinajstić information content (AvgIpc) is 2.84. The van der Waals surface area contributed by atoms with Crippen molar-refractivity contribution in [3.63, 3.8) is 0 Å². The monoisotopic (exact) mass is 506 g/mol. The second-order valence-corrected chi connectivity index (χ2v) is 10.7. The van der Waals surface area contributed by atoms with Crippen molar-refractivity contribution in [2.75, 3.05) is 33.3 Å². The minimum atomic E-state index is -3.50. The molecule has 186 valence electrons. The van der Waals surface area contributed by atoms with Crippen LogP contribution in [0.15, 0.2) is 58.4 Å². The zero-order valence-corrected chi connectivity index (χ0v) is 21.6. The minimum Gasteiger partial charge on any atom is -0.497 e. The lowest BCUT2D eigenvalue weighted by Crippen LogP contribution is -2.64. The molecular weight excluding hydrogens is 472 g/mol. The van der Waals surface area contributed by atoms with Crippen LogP contribution in [0.4, 0.5) is 0 Å². The second kappa shape index (κ2) is 11.5. The highest BCUT2D eigenvalue weighted by Crippen LogP contribution is 2.29. The van der Waals surface area contributed by atoms with Crippen LogP contribution in [0.2, 0.25) is 0 Å². The van der Waals surface area contributed by atoms with Crippen molar-refractivity contribution in [2.45, 2.75) is 49.6 Å². The molecule has 1 spiro atoms. The lowest BCUT2D eigenvalue weighted by Gasteiger charge is -2.44. The van der Waals surface area contributed by atoms with Gasteiger partial charge >= 0.3 is 0 Å². The predicted octanol–water partition coefficient (Wildman–Crippen LogP) is 3.38. The number of ether oxygens (including phenoxy) is 1. The van der Waals surface area contributed by atoms with Crippen molar-refractivity contribution < 1.29 is 13.2 Å². The number of nitrogens with one attached hydrogen (secondary N) is 2. The van der Waals surface area contributed by atoms with Crippen LogP contribution in [0.3, 0.4) is 0 Å². The third-order valence-electron chi connectivity index (χ3n) is 6.57. The van der Waals surface area contributed by atoms with Crippen LogP contribution in [0.1, 0.15) is 37.3 Å². The van der Waals surface area contributed by atoms with Gasteiger partial charge in [0.15, 0.2) is 0 Å². The van der Waals surface area contributed by atoms with Gasteiger partial charge in [0.1, 0.15) is 11.6 Å². The van der Waals surface area contributed by atoms with E-state index < -0.39 is 10.0 Å². The topological polar surface area (TPSA) is 83.0 Å². The molecule has 2 aliphatic heterocycles. The van der Waals surface area contributed by atoms with Crippen LogP contribution in [0.5, 0.6) is 5.75 Å². The van der Waals surface area contributed by atoms with E-state index in [1.54, 1.807) is 23.5 Å². The molecule has 1 saturated heterocycles. The molecule has 4 rings (SSSR count). The van der Waals surface area contributed by atoms with Crippen molar-refractivity contribution in [3.8, 4) is 5.75 Å². The summed E-state index contributed by atoms with van der Waals surface area (Å²) in [6.45, 7) is 5.21. The van der Waals surface area contributed by atoms with Gasteiger partial charge < -0.3 is 15.4 Å². The summed E-state index contributed by atoms with van der Waals surface area (Å²) in [5, 5.41) is 7.15. The van der Waals surface area contributed by atoms with E-state index in [1.165, 1.54) is 5.56 Å². The fourth-order valence-corrected chi connectivity index (χ4v) is 6.12. The second-order valence-electron chi connectivity index (χ2n) is 8.74. The summed E-state index contributed by atoms with van der Waals surface area (Å²) in [7, 11) is -1.83. The number of aryl methyl sites for hydroxylation is 1. The van der Waals surface area contributed by atoms with Crippen LogP contribution in [-0.2, 0) is 23.0 Å². The zero-order valence-electron chi connectivity index (χ0n) is 19.9. The van der Waals surface area contributed by atoms with Gasteiger partial charge in [-0.15, -0.1) is 12.4 Å². The Morgan fingerprint density at radius 3 is 2.53 bits per heavy atom. The maximum absolute atomic E-state index is 13.2. The summed E-state index contributed by atoms with van der Waals surface area (Å²) in [5.74, 6) is 1.76. The molecule has 2 heterocycles. The quantitative estimate of drug-likeness (QED) is 0.601. The Hall–Kier alpha value is -2.13. The van der Waals surface area contributed by atoms with Gasteiger partial charge in [-0.05, 0) is 54.7 Å². The highest BCUT2D eigenvalue weighted by molar-refractivity contribution is 7.89. The molecule has 2 aromatic carbocycles. The van der Waals surface area contributed by atoms with E-state index in [2.05, 4.69) is 23.6 Å². The van der Waals surface area contributed by atoms with Crippen LogP contribution >= 0.6 is 12.4 Å². The number of methoxy groups -OCH3 is 1. The first-order valence-electron chi connectivity index (χ1n) is 11.7. The Kier molecular flexibility index (Phi) is 8.98. The first-order valence-corrected chi connectivity index (χ1v) is 13.2. The number of piperidine rings is 1. The molecule has 0 aliphatic carbocycles. The number of amidine groups is 1. The van der Waals surface area contributed by atoms with Crippen LogP contribution in [0, 0.1) is 0 Å². The molecule has 0 amide bonds. The normalized spacial score (nSPS) is 18.1. The molecule has 0 aromatic heterocycles. The van der Waals surface area contributed by atoms with Crippen molar-refractivity contribution in [1.82, 2.24) is 14.9 Å². The Labute approximate surface area is 209 Å². The Morgan fingerprint density at radius 1 is 1.12 bits per heavy atom. The summed E-state index contributed by atoms with van der Waals surface area (Å²) in [4.78, 5) is 5.16. The molecule has 2 N–H and O–H groups in total. The first-order chi connectivity index (χ1) is 16.0. The molecule has 2 aromatic rings. The highest BCUT2D eigenvalue weighted by atomic mass is 35.5. The molecule has 7 nitrogen and oxygen atoms in total. The van der Waals surface area contributed by atoms with Gasteiger partial charge in [0, 0.05) is 26.2 Å². The number of sulfonamides is 1. The summed E-state index contributed by atoms with van der Waals surface area (Å²) < 4.78 is 33.4. The minimum absolute atomic E-state index is 0. The fourth-order valence-electron chi connectivity index (χ4n) is 4.68. The van der Waals surface area contributed by atoms with Crippen LogP contribution in [0.25, 0.3) is 0 Å². The molecule has 2 aliphatic rings. The van der Waals surface area contributed by atoms with E-state index in [1.807, 2.05) is 30.3 Å². The summed E-state index contributed by atoms with van der Waals surface area (Å²) in [6.07, 6.45) is 3.38. The molecule has 0 atom stereocenters. The maximum atomic E-state index is 13.2. The summed E-state index contributed by atoms with van der Waals surface area (Å²) >= 11 is 0. The van der Waals surface area contributed by atoms with Gasteiger partial charge in [-0.25, -0.2) is 8.42 Å². The summed E-state index contributed by atoms with van der Waals surface area (Å²) in [6, 6.07) is 15.3. The number of benzene rings is 2. The number of hydrogen-bond acceptors (Lipinski definition) is 6. The number of aliphatic imine (C=N–C) groups is 1. The number of rotatable bonds is 7. The van der Waals surface area contributed by atoms with E-state index in [0.717, 1.165) is 36.5 Å². The molecular formula is C25H35ClN4O3S. The Bertz CT molecular complexity index is 1080. The van der Waals surface area contributed by atoms with Gasteiger partial charge in [-0.1, -0.05) is 37.6 Å². The molecule has 0 radical (unpaired) electrons. The van der Waals surface area contributed by atoms with Crippen molar-refractivity contribution in [3.05, 3.63) is 59.7 Å². The van der Waals surface area contributed by atoms with E-state index in [4.69, 9.17) is 9.73 Å². The van der Waals surface area contributed by atoms with Gasteiger partial charge in [-0.3, -0.25) is 4.99 Å². The SMILES string of the molecule is CCCc1ccc(S(=O)(=O)N2CCC3(CC2)NCCN=C3NCc2cccc(OC)c2)cc1.Cl. The fraction of sp³-hybridized carbons (Fsp3) is 0.480. The highest BCUT2D eigenvalue weighted by Gasteiger charge is 2.43. The van der Waals surface area contributed by atoms with Crippen molar-refractivity contribution >= 4 is 28.3 Å². The third kappa shape index (κ3) is 5.74. The first kappa shape index (κ1) is 26.5. The van der Waals surface area contributed by atoms with Crippen molar-refractivity contribution in [2.24, 2.45) is 4.99 Å². The maximum Gasteiger partial charge on any atom is 0.243 e. The lowest BCUT2D eigenvalue weighted by atomic mass is 9.85. The van der Waals surface area contributed by atoms with Crippen LogP contribution in [-0.4, -0.2) is 57.4 Å². The number of nitrogens with zero attached hydrogens (tertiary/aromatic N) is 2. The molecule has 0 unspecified atom stereocenters. The Balaban J connectivity index is 0.00000324. The molecule has 34 heavy (non-hydrogen) atoms. The van der Waals surface area contributed by atoms with E-state index >= 15 is 0 Å². The molecule has 0 bridgehead atoms. The molecule has 9 heteroatoms. The third-order valence-corrected chi connectivity index (χ3v) is 8.48. The van der Waals surface area contributed by atoms with Gasteiger partial charge in [0.2, 0.25) is 10.0 Å². The smallest absolute Gasteiger partial charge is 0.243 e. The largest absolute Gasteiger partial charge is 0.497 e. The Morgan fingerprint density at radius 2 is 1.85 bits per heavy atom. The standard InChI is InChI=1S/C25H34N4O3S.ClH/c1-3-5-20-8-10-23(11-9-20)33(30,31)29-16-12-25(13-17-29)24(26-14-15-28-25)27-19-21-6-4-7-22(18-21)32-2;/h4,6-11,18,28H,3,5,12-17,19H2,1-2H3,(H,26,27);1H. The number of hydrogen-bond donors (Lipinski definition) is 2.